The van der Waals surface area contributed by atoms with Gasteiger partial charge < -0.3 is 10.2 Å². The molecule has 0 aliphatic carbocycles. The van der Waals surface area contributed by atoms with E-state index in [0.29, 0.717) is 10.6 Å². The quantitative estimate of drug-likeness (QED) is 0.917. The maximum Gasteiger partial charge on any atom is 0.101 e. The topological polar surface area (TPSA) is 39.1 Å². The van der Waals surface area contributed by atoms with Crippen molar-refractivity contribution < 1.29 is 0 Å². The van der Waals surface area contributed by atoms with E-state index < -0.39 is 0 Å². The van der Waals surface area contributed by atoms with Gasteiger partial charge in [0.1, 0.15) is 6.07 Å². The lowest BCUT2D eigenvalue weighted by molar-refractivity contribution is 0.652. The van der Waals surface area contributed by atoms with Gasteiger partial charge >= 0.3 is 0 Å². The molecule has 0 radical (unpaired) electrons. The van der Waals surface area contributed by atoms with Gasteiger partial charge in [0.05, 0.1) is 22.0 Å². The summed E-state index contributed by atoms with van der Waals surface area (Å²) in [4.78, 5) is 1.94. The Kier molecular flexibility index (Phi) is 4.85. The van der Waals surface area contributed by atoms with E-state index in [9.17, 15) is 5.26 Å². The Morgan fingerprint density at radius 3 is 2.52 bits per heavy atom. The van der Waals surface area contributed by atoms with Crippen LogP contribution in [0.4, 0.5) is 11.4 Å². The highest BCUT2D eigenvalue weighted by molar-refractivity contribution is 6.33. The number of nitriles is 1. The average molecular weight is 300 g/mol. The molecule has 2 rings (SSSR count). The fourth-order valence-corrected chi connectivity index (χ4v) is 2.54. The highest BCUT2D eigenvalue weighted by Gasteiger charge is 2.13. The van der Waals surface area contributed by atoms with Gasteiger partial charge in [-0.3, -0.25) is 0 Å². The van der Waals surface area contributed by atoms with E-state index >= 15 is 0 Å². The molecule has 2 aromatic rings. The molecule has 21 heavy (non-hydrogen) atoms. The molecular weight excluding hydrogens is 282 g/mol. The van der Waals surface area contributed by atoms with Crippen molar-refractivity contribution in [1.29, 1.82) is 5.26 Å². The molecule has 0 aromatic heterocycles. The van der Waals surface area contributed by atoms with Crippen LogP contribution < -0.4 is 10.2 Å². The van der Waals surface area contributed by atoms with Crippen LogP contribution >= 0.6 is 11.6 Å². The van der Waals surface area contributed by atoms with Gasteiger partial charge in [0, 0.05) is 13.1 Å². The Balaban J connectivity index is 2.40. The Hall–Kier alpha value is -2.02. The fraction of sp³-hybridized carbons (Fsp3) is 0.235. The standard InChI is InChI=1S/C17H18ClN3/c1-12(20-2)13-8-9-17(15(18)10-13)21(3)16-7-5-4-6-14(16)11-19/h4-10,12,20H,1-3H3. The highest BCUT2D eigenvalue weighted by atomic mass is 35.5. The molecule has 0 bridgehead atoms. The first-order valence-corrected chi connectivity index (χ1v) is 7.16. The summed E-state index contributed by atoms with van der Waals surface area (Å²) in [6.07, 6.45) is 0. The summed E-state index contributed by atoms with van der Waals surface area (Å²) in [5.41, 5.74) is 3.49. The Morgan fingerprint density at radius 1 is 1.19 bits per heavy atom. The number of nitrogens with zero attached hydrogens (tertiary/aromatic N) is 2. The van der Waals surface area contributed by atoms with Crippen molar-refractivity contribution in [2.75, 3.05) is 19.0 Å². The van der Waals surface area contributed by atoms with Gasteiger partial charge in [-0.1, -0.05) is 29.8 Å². The van der Waals surface area contributed by atoms with Gasteiger partial charge in [-0.25, -0.2) is 0 Å². The molecule has 2 aromatic carbocycles. The van der Waals surface area contributed by atoms with E-state index in [1.54, 1.807) is 6.07 Å². The molecule has 0 fully saturated rings. The second-order valence-corrected chi connectivity index (χ2v) is 5.32. The van der Waals surface area contributed by atoms with Crippen molar-refractivity contribution in [3.8, 4) is 6.07 Å². The van der Waals surface area contributed by atoms with Crippen LogP contribution in [0.25, 0.3) is 0 Å². The summed E-state index contributed by atoms with van der Waals surface area (Å²) in [6, 6.07) is 15.9. The van der Waals surface area contributed by atoms with Crippen LogP contribution in [0.3, 0.4) is 0 Å². The summed E-state index contributed by atoms with van der Waals surface area (Å²) in [5, 5.41) is 13.1. The first-order chi connectivity index (χ1) is 10.1. The van der Waals surface area contributed by atoms with Crippen LogP contribution in [0.15, 0.2) is 42.5 Å². The monoisotopic (exact) mass is 299 g/mol. The van der Waals surface area contributed by atoms with Crippen LogP contribution in [0.5, 0.6) is 0 Å². The van der Waals surface area contributed by atoms with Gasteiger partial charge in [-0.15, -0.1) is 0 Å². The molecule has 1 N–H and O–H groups in total. The Labute approximate surface area is 130 Å². The zero-order chi connectivity index (χ0) is 15.4. The maximum atomic E-state index is 9.21. The molecule has 0 heterocycles. The van der Waals surface area contributed by atoms with Crippen LogP contribution in [-0.2, 0) is 0 Å². The van der Waals surface area contributed by atoms with Crippen LogP contribution in [0.1, 0.15) is 24.1 Å². The predicted octanol–water partition coefficient (Wildman–Crippen LogP) is 4.26. The zero-order valence-corrected chi connectivity index (χ0v) is 13.1. The van der Waals surface area contributed by atoms with Crippen LogP contribution in [-0.4, -0.2) is 14.1 Å². The van der Waals surface area contributed by atoms with Crippen LogP contribution in [0, 0.1) is 11.3 Å². The summed E-state index contributed by atoms with van der Waals surface area (Å²) in [6.45, 7) is 2.08. The second-order valence-electron chi connectivity index (χ2n) is 4.91. The Bertz CT molecular complexity index is 676. The maximum absolute atomic E-state index is 9.21. The summed E-state index contributed by atoms with van der Waals surface area (Å²) in [5.74, 6) is 0. The minimum atomic E-state index is 0.244. The lowest BCUT2D eigenvalue weighted by Crippen LogP contribution is -2.14. The third-order valence-electron chi connectivity index (χ3n) is 3.65. The van der Waals surface area contributed by atoms with Crippen molar-refractivity contribution in [3.63, 3.8) is 0 Å². The van der Waals surface area contributed by atoms with Crippen molar-refractivity contribution in [2.24, 2.45) is 0 Å². The number of halogens is 1. The molecule has 0 saturated carbocycles. The van der Waals surface area contributed by atoms with Crippen LogP contribution in [0.2, 0.25) is 5.02 Å². The zero-order valence-electron chi connectivity index (χ0n) is 12.4. The lowest BCUT2D eigenvalue weighted by atomic mass is 10.1. The van der Waals surface area contributed by atoms with E-state index in [1.165, 1.54) is 0 Å². The molecule has 0 amide bonds. The smallest absolute Gasteiger partial charge is 0.101 e. The molecule has 0 saturated heterocycles. The minimum Gasteiger partial charge on any atom is -0.342 e. The van der Waals surface area contributed by atoms with Gasteiger partial charge in [0.25, 0.3) is 0 Å². The summed E-state index contributed by atoms with van der Waals surface area (Å²) in [7, 11) is 3.83. The molecule has 0 aliphatic rings. The molecular formula is C17H18ClN3. The largest absolute Gasteiger partial charge is 0.342 e. The first kappa shape index (κ1) is 15.4. The highest BCUT2D eigenvalue weighted by Crippen LogP contribution is 2.33. The summed E-state index contributed by atoms with van der Waals surface area (Å²) >= 11 is 6.42. The predicted molar refractivity (Wildman–Crippen MR) is 88.1 cm³/mol. The molecule has 1 unspecified atom stereocenters. The van der Waals surface area contributed by atoms with E-state index in [-0.39, 0.29) is 6.04 Å². The third-order valence-corrected chi connectivity index (χ3v) is 3.95. The normalized spacial score (nSPS) is 11.8. The van der Waals surface area contributed by atoms with Gasteiger partial charge in [0.15, 0.2) is 0 Å². The molecule has 1 atom stereocenters. The van der Waals surface area contributed by atoms with E-state index in [0.717, 1.165) is 16.9 Å². The lowest BCUT2D eigenvalue weighted by Gasteiger charge is -2.23. The van der Waals surface area contributed by atoms with Gasteiger partial charge in [-0.2, -0.15) is 5.26 Å². The SMILES string of the molecule is CNC(C)c1ccc(N(C)c2ccccc2C#N)c(Cl)c1. The van der Waals surface area contributed by atoms with Crippen molar-refractivity contribution >= 4 is 23.0 Å². The molecule has 3 nitrogen and oxygen atoms in total. The third kappa shape index (κ3) is 3.18. The van der Waals surface area contributed by atoms with Crippen molar-refractivity contribution in [2.45, 2.75) is 13.0 Å². The second kappa shape index (κ2) is 6.62. The number of rotatable bonds is 4. The molecule has 0 aliphatic heterocycles. The molecule has 4 heteroatoms. The van der Waals surface area contributed by atoms with E-state index in [2.05, 4.69) is 18.3 Å². The van der Waals surface area contributed by atoms with Crippen molar-refractivity contribution in [3.05, 3.63) is 58.6 Å². The number of hydrogen-bond acceptors (Lipinski definition) is 3. The van der Waals surface area contributed by atoms with Gasteiger partial charge in [0.2, 0.25) is 0 Å². The average Bonchev–Trinajstić information content (AvgIpc) is 2.53. The number of para-hydroxylation sites is 1. The first-order valence-electron chi connectivity index (χ1n) is 6.78. The van der Waals surface area contributed by atoms with E-state index in [4.69, 9.17) is 11.6 Å². The van der Waals surface area contributed by atoms with E-state index in [1.807, 2.05) is 55.4 Å². The molecule has 0 spiro atoms. The Morgan fingerprint density at radius 2 is 1.90 bits per heavy atom. The van der Waals surface area contributed by atoms with Crippen molar-refractivity contribution in [1.82, 2.24) is 5.32 Å². The molecule has 108 valence electrons. The number of hydrogen-bond donors (Lipinski definition) is 1. The minimum absolute atomic E-state index is 0.244. The van der Waals surface area contributed by atoms with Gasteiger partial charge in [-0.05, 0) is 43.8 Å². The number of anilines is 2. The fourth-order valence-electron chi connectivity index (χ4n) is 2.22. The number of benzene rings is 2. The summed E-state index contributed by atoms with van der Waals surface area (Å²) < 4.78 is 0. The number of nitrogens with one attached hydrogen (secondary N) is 1.